The average molecular weight is 353 g/mol. The highest BCUT2D eigenvalue weighted by atomic mass is 19.1. The van der Waals surface area contributed by atoms with Crippen molar-refractivity contribution in [3.63, 3.8) is 0 Å². The van der Waals surface area contributed by atoms with Crippen LogP contribution in [0.2, 0.25) is 0 Å². The quantitative estimate of drug-likeness (QED) is 0.480. The summed E-state index contributed by atoms with van der Waals surface area (Å²) in [5, 5.41) is 12.7. The molecule has 1 amide bonds. The van der Waals surface area contributed by atoms with E-state index in [-0.39, 0.29) is 12.3 Å². The van der Waals surface area contributed by atoms with Gasteiger partial charge < -0.3 is 20.9 Å². The zero-order chi connectivity index (χ0) is 18.2. The summed E-state index contributed by atoms with van der Waals surface area (Å²) >= 11 is 0. The first kappa shape index (κ1) is 19.3. The Morgan fingerprint density at radius 2 is 2.16 bits per heavy atom. The number of quaternary nitrogens is 1. The number of rotatable bonds is 7. The third kappa shape index (κ3) is 5.49. The predicted octanol–water partition coefficient (Wildman–Crippen LogP) is 1.55. The largest absolute Gasteiger partial charge is 0.359 e. The molecule has 0 aromatic heterocycles. The lowest BCUT2D eigenvalue weighted by molar-refractivity contribution is -0.662. The van der Waals surface area contributed by atoms with Gasteiger partial charge in [-0.05, 0) is 18.9 Å². The Kier molecular flexibility index (Phi) is 7.31. The number of halogens is 2. The van der Waals surface area contributed by atoms with E-state index in [1.807, 2.05) is 6.92 Å². The molecule has 0 spiro atoms. The monoisotopic (exact) mass is 353 g/mol. The van der Waals surface area contributed by atoms with Crippen molar-refractivity contribution < 1.29 is 18.9 Å². The molecule has 1 atom stereocenters. The molecule has 138 valence electrons. The van der Waals surface area contributed by atoms with Gasteiger partial charge >= 0.3 is 0 Å². The third-order valence-corrected chi connectivity index (χ3v) is 4.43. The van der Waals surface area contributed by atoms with Gasteiger partial charge in [0.25, 0.3) is 0 Å². The first-order valence-electron chi connectivity index (χ1n) is 8.89. The SMILES string of the molecule is CCCC/C(C(=O)NC1C=C(F)C=C(F)C1)=C(/C=N)N1CC[NH2+]CC1. The summed E-state index contributed by atoms with van der Waals surface area (Å²) in [5.74, 6) is -1.60. The van der Waals surface area contributed by atoms with Crippen LogP contribution in [0, 0.1) is 5.41 Å². The molecule has 0 radical (unpaired) electrons. The van der Waals surface area contributed by atoms with Crippen molar-refractivity contribution in [2.24, 2.45) is 0 Å². The van der Waals surface area contributed by atoms with Crippen molar-refractivity contribution in [3.05, 3.63) is 35.1 Å². The fraction of sp³-hybridized carbons (Fsp3) is 0.556. The molecule has 5 nitrogen and oxygen atoms in total. The summed E-state index contributed by atoms with van der Waals surface area (Å²) in [7, 11) is 0. The van der Waals surface area contributed by atoms with Crippen molar-refractivity contribution in [1.29, 1.82) is 5.41 Å². The second-order valence-electron chi connectivity index (χ2n) is 6.39. The molecule has 1 saturated heterocycles. The topological polar surface area (TPSA) is 72.8 Å². The number of carbonyl (C=O) groups is 1. The van der Waals surface area contributed by atoms with Crippen LogP contribution >= 0.6 is 0 Å². The second kappa shape index (κ2) is 9.46. The minimum absolute atomic E-state index is 0.0428. The maximum absolute atomic E-state index is 13.4. The number of amides is 1. The number of piperazine rings is 1. The van der Waals surface area contributed by atoms with Crippen molar-refractivity contribution in [2.75, 3.05) is 26.2 Å². The summed E-state index contributed by atoms with van der Waals surface area (Å²) in [4.78, 5) is 14.8. The van der Waals surface area contributed by atoms with Gasteiger partial charge in [0.2, 0.25) is 5.91 Å². The molecular weight excluding hydrogens is 326 g/mol. The van der Waals surface area contributed by atoms with E-state index in [0.717, 1.165) is 45.1 Å². The smallest absolute Gasteiger partial charge is 0.249 e. The van der Waals surface area contributed by atoms with E-state index in [1.165, 1.54) is 12.3 Å². The van der Waals surface area contributed by atoms with Crippen molar-refractivity contribution in [2.45, 2.75) is 38.6 Å². The number of nitrogens with two attached hydrogens (primary N) is 1. The maximum atomic E-state index is 13.4. The number of carbonyl (C=O) groups excluding carboxylic acids is 1. The summed E-state index contributed by atoms with van der Waals surface area (Å²) in [6.07, 6.45) is 5.54. The molecular formula is C18H27F2N4O+. The molecule has 2 rings (SSSR count). The molecule has 0 saturated carbocycles. The average Bonchev–Trinajstić information content (AvgIpc) is 2.58. The minimum Gasteiger partial charge on any atom is -0.359 e. The highest BCUT2D eigenvalue weighted by Crippen LogP contribution is 2.21. The molecule has 4 N–H and O–H groups in total. The maximum Gasteiger partial charge on any atom is 0.249 e. The van der Waals surface area contributed by atoms with Gasteiger partial charge in [0.15, 0.2) is 0 Å². The first-order valence-corrected chi connectivity index (χ1v) is 8.89. The zero-order valence-electron chi connectivity index (χ0n) is 14.7. The van der Waals surface area contributed by atoms with Gasteiger partial charge in [-0.3, -0.25) is 4.79 Å². The van der Waals surface area contributed by atoms with Crippen LogP contribution in [0.25, 0.3) is 0 Å². The van der Waals surface area contributed by atoms with Crippen LogP contribution in [0.15, 0.2) is 35.1 Å². The summed E-state index contributed by atoms with van der Waals surface area (Å²) in [6, 6.07) is -0.698. The number of unbranched alkanes of at least 4 members (excludes halogenated alkanes) is 1. The van der Waals surface area contributed by atoms with E-state index in [2.05, 4.69) is 15.5 Å². The van der Waals surface area contributed by atoms with Crippen LogP contribution in [0.3, 0.4) is 0 Å². The van der Waals surface area contributed by atoms with Crippen molar-refractivity contribution in [3.8, 4) is 0 Å². The molecule has 1 unspecified atom stereocenters. The van der Waals surface area contributed by atoms with Crippen LogP contribution in [0.5, 0.6) is 0 Å². The number of allylic oxidation sites excluding steroid dienone is 3. The Morgan fingerprint density at radius 3 is 2.76 bits per heavy atom. The minimum atomic E-state index is -0.698. The number of nitrogens with one attached hydrogen (secondary N) is 2. The molecule has 7 heteroatoms. The van der Waals surface area contributed by atoms with E-state index >= 15 is 0 Å². The van der Waals surface area contributed by atoms with Gasteiger partial charge in [-0.15, -0.1) is 0 Å². The van der Waals surface area contributed by atoms with Crippen molar-refractivity contribution >= 4 is 12.1 Å². The Balaban J connectivity index is 2.19. The number of hydrogen-bond acceptors (Lipinski definition) is 3. The highest BCUT2D eigenvalue weighted by Gasteiger charge is 2.24. The summed E-state index contributed by atoms with van der Waals surface area (Å²) < 4.78 is 26.8. The molecule has 0 aromatic rings. The predicted molar refractivity (Wildman–Crippen MR) is 93.5 cm³/mol. The lowest BCUT2D eigenvalue weighted by atomic mass is 10.0. The van der Waals surface area contributed by atoms with Crippen LogP contribution in [0.4, 0.5) is 8.78 Å². The summed E-state index contributed by atoms with van der Waals surface area (Å²) in [6.45, 7) is 5.44. The van der Waals surface area contributed by atoms with Crippen molar-refractivity contribution in [1.82, 2.24) is 10.2 Å². The van der Waals surface area contributed by atoms with E-state index in [4.69, 9.17) is 5.41 Å². The van der Waals surface area contributed by atoms with Gasteiger partial charge in [-0.2, -0.15) is 0 Å². The second-order valence-corrected chi connectivity index (χ2v) is 6.39. The standard InChI is InChI=1S/C18H26F2N4O/c1-2-3-4-16(17(12-21)24-7-5-22-6-8-24)18(25)23-15-10-13(19)9-14(20)11-15/h9-10,12,15,21-22H,2-8,11H2,1H3,(H,23,25)/p+1/b17-16+,21-12?. The third-order valence-electron chi connectivity index (χ3n) is 4.43. The Labute approximate surface area is 147 Å². The lowest BCUT2D eigenvalue weighted by Gasteiger charge is -2.30. The fourth-order valence-electron chi connectivity index (χ4n) is 3.14. The van der Waals surface area contributed by atoms with E-state index in [9.17, 15) is 13.6 Å². The normalized spacial score (nSPS) is 21.9. The van der Waals surface area contributed by atoms with Crippen LogP contribution in [-0.4, -0.2) is 49.2 Å². The van der Waals surface area contributed by atoms with Gasteiger partial charge in [-0.1, -0.05) is 13.3 Å². The Bertz CT molecular complexity index is 592. The van der Waals surface area contributed by atoms with E-state index in [1.54, 1.807) is 0 Å². The summed E-state index contributed by atoms with van der Waals surface area (Å²) in [5.41, 5.74) is 1.15. The Morgan fingerprint density at radius 1 is 1.44 bits per heavy atom. The lowest BCUT2D eigenvalue weighted by Crippen LogP contribution is -2.89. The molecule has 1 aliphatic carbocycles. The fourth-order valence-corrected chi connectivity index (χ4v) is 3.14. The van der Waals surface area contributed by atoms with Crippen LogP contribution < -0.4 is 10.6 Å². The van der Waals surface area contributed by atoms with E-state index < -0.39 is 17.7 Å². The van der Waals surface area contributed by atoms with Crippen LogP contribution in [-0.2, 0) is 4.79 Å². The molecule has 1 aliphatic heterocycles. The molecule has 25 heavy (non-hydrogen) atoms. The number of hydrogen-bond donors (Lipinski definition) is 3. The Hall–Kier alpha value is -2.02. The molecule has 2 aliphatic rings. The molecule has 0 bridgehead atoms. The van der Waals surface area contributed by atoms with Crippen LogP contribution in [0.1, 0.15) is 32.6 Å². The zero-order valence-corrected chi connectivity index (χ0v) is 14.7. The van der Waals surface area contributed by atoms with E-state index in [0.29, 0.717) is 17.7 Å². The number of nitrogens with zero attached hydrogens (tertiary/aromatic N) is 1. The van der Waals surface area contributed by atoms with Gasteiger partial charge in [0.05, 0.1) is 37.9 Å². The molecule has 1 heterocycles. The van der Waals surface area contributed by atoms with Gasteiger partial charge in [0.1, 0.15) is 11.7 Å². The van der Waals surface area contributed by atoms with Gasteiger partial charge in [0, 0.05) is 24.3 Å². The van der Waals surface area contributed by atoms with Gasteiger partial charge in [-0.25, -0.2) is 8.78 Å². The molecule has 1 fully saturated rings. The highest BCUT2D eigenvalue weighted by molar-refractivity contribution is 5.99. The first-order chi connectivity index (χ1) is 12.0. The molecule has 0 aromatic carbocycles.